The van der Waals surface area contributed by atoms with E-state index in [9.17, 15) is 0 Å². The van der Waals surface area contributed by atoms with Crippen LogP contribution >= 0.6 is 15.9 Å². The minimum absolute atomic E-state index is 0.208. The minimum atomic E-state index is -1.11. The van der Waals surface area contributed by atoms with Gasteiger partial charge in [0.15, 0.2) is 0 Å². The molecule has 7 heteroatoms. The molecule has 0 saturated heterocycles. The molecule has 3 nitrogen and oxygen atoms in total. The summed E-state index contributed by atoms with van der Waals surface area (Å²) in [6, 6.07) is 8.30. The van der Waals surface area contributed by atoms with Gasteiger partial charge in [0.05, 0.1) is 0 Å². The van der Waals surface area contributed by atoms with Crippen molar-refractivity contribution in [2.75, 3.05) is 13.2 Å². The molecule has 1 unspecified atom stereocenters. The molecule has 25 heavy (non-hydrogen) atoms. The van der Waals surface area contributed by atoms with E-state index in [-0.39, 0.29) is 6.61 Å². The maximum atomic E-state index is 8.59. The number of aliphatic hydroxyl groups is 1. The molecule has 0 spiro atoms. The monoisotopic (exact) mass is 501 g/mol. The van der Waals surface area contributed by atoms with Gasteiger partial charge >= 0.3 is 114 Å². The molecule has 0 bridgehead atoms. The molecule has 0 fully saturated rings. The molecule has 0 aliphatic rings. The molecule has 1 N–H and O–H groups in total. The number of halogens is 1. The number of allylic oxidation sites excluding steroid dienone is 1. The van der Waals surface area contributed by atoms with Crippen molar-refractivity contribution < 1.29 is 5.11 Å². The van der Waals surface area contributed by atoms with Gasteiger partial charge in [-0.25, -0.2) is 0 Å². The van der Waals surface area contributed by atoms with Crippen molar-refractivity contribution in [2.45, 2.75) is 50.5 Å². The topological polar surface area (TPSA) is 48.4 Å². The van der Waals surface area contributed by atoms with E-state index in [1.165, 1.54) is 5.56 Å². The Morgan fingerprint density at radius 3 is 2.00 bits per heavy atom. The first-order valence-electron chi connectivity index (χ1n) is 8.59. The number of nitrogens with zero attached hydrogens (tertiary/aromatic N) is 2. The van der Waals surface area contributed by atoms with Crippen LogP contribution in [0.1, 0.15) is 16.7 Å². The Hall–Kier alpha value is 0.137. The summed E-state index contributed by atoms with van der Waals surface area (Å²) in [5.74, 6) is 0. The van der Waals surface area contributed by atoms with E-state index in [0.29, 0.717) is 11.3 Å². The molecule has 1 aromatic rings. The second kappa shape index (κ2) is 12.5. The van der Waals surface area contributed by atoms with Crippen molar-refractivity contribution >= 4 is 48.9 Å². The zero-order chi connectivity index (χ0) is 19.5. The molecular weight excluding hydrogens is 469 g/mol. The molecule has 0 aliphatic heterocycles. The van der Waals surface area contributed by atoms with Gasteiger partial charge in [-0.2, -0.15) is 0 Å². The van der Waals surface area contributed by atoms with E-state index >= 15 is 0 Å². The summed E-state index contributed by atoms with van der Waals surface area (Å²) in [5.41, 5.74) is 1.27. The van der Waals surface area contributed by atoms with Gasteiger partial charge in [-0.1, -0.05) is 55.8 Å². The SMILES string of the molecule is C[Si](C)(C)[N-][Si](C)(C)C.OCCC[N-]/C=C\[CH]([Ge])c1ccc(Br)cc1. The third-order valence-electron chi connectivity index (χ3n) is 2.73. The van der Waals surface area contributed by atoms with Crippen LogP contribution in [0.15, 0.2) is 41.0 Å². The Bertz CT molecular complexity index is 487. The first-order chi connectivity index (χ1) is 11.4. The second-order valence-corrected chi connectivity index (χ2v) is 19.6. The fraction of sp³-hybridized carbons (Fsp3) is 0.556. The molecular formula is C18H32BrGeN2OSi2-2. The number of rotatable bonds is 8. The van der Waals surface area contributed by atoms with Gasteiger partial charge in [-0.15, -0.1) is 0 Å². The molecule has 141 valence electrons. The van der Waals surface area contributed by atoms with Crippen LogP contribution in [-0.4, -0.2) is 51.2 Å². The van der Waals surface area contributed by atoms with Gasteiger partial charge in [0.25, 0.3) is 0 Å². The Labute approximate surface area is 173 Å². The maximum absolute atomic E-state index is 8.59. The summed E-state index contributed by atoms with van der Waals surface area (Å²) in [6.07, 6.45) is 4.64. The third kappa shape index (κ3) is 16.1. The molecule has 1 rings (SSSR count). The van der Waals surface area contributed by atoms with Crippen LogP contribution in [-0.2, 0) is 0 Å². The number of hydrogen-bond acceptors (Lipinski definition) is 1. The normalized spacial score (nSPS) is 13.3. The van der Waals surface area contributed by atoms with Gasteiger partial charge < -0.3 is 4.65 Å². The second-order valence-electron chi connectivity index (χ2n) is 7.81. The van der Waals surface area contributed by atoms with E-state index in [1.807, 2.05) is 18.3 Å². The molecule has 1 aromatic carbocycles. The van der Waals surface area contributed by atoms with Crippen molar-refractivity contribution in [3.05, 3.63) is 56.5 Å². The van der Waals surface area contributed by atoms with E-state index in [2.05, 4.69) is 95.3 Å². The van der Waals surface area contributed by atoms with Crippen molar-refractivity contribution in [2.24, 2.45) is 0 Å². The van der Waals surface area contributed by atoms with Gasteiger partial charge in [-0.05, 0) is 0 Å². The molecule has 3 radical (unpaired) electrons. The predicted octanol–water partition coefficient (Wildman–Crippen LogP) is 5.96. The van der Waals surface area contributed by atoms with Crippen LogP contribution in [0.3, 0.4) is 0 Å². The first-order valence-corrected chi connectivity index (χ1v) is 17.5. The number of benzene rings is 1. The molecule has 0 aliphatic carbocycles. The standard InChI is InChI=1S/C12H14BrGeNO.C6H18NSi2/c13-11-4-2-10(3-5-11)12(14)6-8-15-7-1-9-16;1-8(2,3)7-9(4,5)6/h2-6,8,12,16H,1,7,9H2;1-6H3/q2*-1/b8-6-;. The quantitative estimate of drug-likeness (QED) is 0.347. The zero-order valence-corrected chi connectivity index (χ0v) is 22.1. The molecule has 0 saturated carbocycles. The summed E-state index contributed by atoms with van der Waals surface area (Å²) >= 11 is 5.56. The van der Waals surface area contributed by atoms with Crippen LogP contribution in [0.25, 0.3) is 9.96 Å². The Morgan fingerprint density at radius 2 is 1.60 bits per heavy atom. The van der Waals surface area contributed by atoms with Crippen LogP contribution in [0, 0.1) is 0 Å². The third-order valence-corrected chi connectivity index (χ3v) is 9.73. The van der Waals surface area contributed by atoms with Gasteiger partial charge in [0, 0.05) is 0 Å². The molecule has 0 heterocycles. The van der Waals surface area contributed by atoms with Crippen LogP contribution < -0.4 is 0 Å². The number of aliphatic hydroxyl groups excluding tert-OH is 1. The average molecular weight is 501 g/mol. The van der Waals surface area contributed by atoms with Gasteiger partial charge in [0.1, 0.15) is 0 Å². The van der Waals surface area contributed by atoms with Crippen molar-refractivity contribution in [1.82, 2.24) is 0 Å². The fourth-order valence-corrected chi connectivity index (χ4v) is 11.1. The molecule has 1 atom stereocenters. The Morgan fingerprint density at radius 1 is 1.08 bits per heavy atom. The fourth-order valence-electron chi connectivity index (χ4n) is 2.17. The van der Waals surface area contributed by atoms with Crippen LogP contribution in [0.2, 0.25) is 39.3 Å². The van der Waals surface area contributed by atoms with Crippen molar-refractivity contribution in [3.8, 4) is 0 Å². The summed E-state index contributed by atoms with van der Waals surface area (Å²) in [5, 5.41) is 12.8. The Balaban J connectivity index is 0.000000547. The van der Waals surface area contributed by atoms with Crippen LogP contribution in [0.4, 0.5) is 0 Å². The van der Waals surface area contributed by atoms with Crippen molar-refractivity contribution in [1.29, 1.82) is 0 Å². The van der Waals surface area contributed by atoms with Crippen molar-refractivity contribution in [3.63, 3.8) is 0 Å². The Kier molecular flexibility index (Phi) is 12.6. The van der Waals surface area contributed by atoms with E-state index in [0.717, 1.165) is 10.9 Å². The van der Waals surface area contributed by atoms with E-state index in [4.69, 9.17) is 9.75 Å². The van der Waals surface area contributed by atoms with E-state index < -0.39 is 16.5 Å². The van der Waals surface area contributed by atoms with Gasteiger partial charge in [-0.3, -0.25) is 0 Å². The average Bonchev–Trinajstić information content (AvgIpc) is 2.44. The molecule has 0 aromatic heterocycles. The molecule has 0 amide bonds. The van der Waals surface area contributed by atoms with Gasteiger partial charge in [0.2, 0.25) is 0 Å². The van der Waals surface area contributed by atoms with E-state index in [1.54, 1.807) is 0 Å². The summed E-state index contributed by atoms with van der Waals surface area (Å²) < 4.78 is 6.28. The van der Waals surface area contributed by atoms with Crippen LogP contribution in [0.5, 0.6) is 0 Å². The summed E-state index contributed by atoms with van der Waals surface area (Å²) in [7, 11) is -2.21. The summed E-state index contributed by atoms with van der Waals surface area (Å²) in [4.78, 5) is 0. The predicted molar refractivity (Wildman–Crippen MR) is 122 cm³/mol. The zero-order valence-electron chi connectivity index (χ0n) is 16.4. The number of hydrogen-bond donors (Lipinski definition) is 1. The summed E-state index contributed by atoms with van der Waals surface area (Å²) in [6.45, 7) is 14.7. The first kappa shape index (κ1) is 25.1.